The van der Waals surface area contributed by atoms with Gasteiger partial charge in [-0.15, -0.1) is 0 Å². The maximum Gasteiger partial charge on any atom is 0.0594 e. The predicted octanol–water partition coefficient (Wildman–Crippen LogP) is 1.72. The predicted molar refractivity (Wildman–Crippen MR) is 92.9 cm³/mol. The van der Waals surface area contributed by atoms with E-state index in [9.17, 15) is 0 Å². The molecule has 2 rings (SSSR count). The van der Waals surface area contributed by atoms with Gasteiger partial charge < -0.3 is 14.2 Å². The van der Waals surface area contributed by atoms with Crippen molar-refractivity contribution < 1.29 is 14.2 Å². The first-order valence-electron chi connectivity index (χ1n) is 9.42. The van der Waals surface area contributed by atoms with E-state index in [4.69, 9.17) is 14.2 Å². The van der Waals surface area contributed by atoms with Crippen molar-refractivity contribution >= 4 is 0 Å². The van der Waals surface area contributed by atoms with Crippen LogP contribution in [-0.2, 0) is 14.2 Å². The summed E-state index contributed by atoms with van der Waals surface area (Å²) in [5.41, 5.74) is 0. The lowest BCUT2D eigenvalue weighted by Gasteiger charge is -2.28. The van der Waals surface area contributed by atoms with Gasteiger partial charge in [-0.1, -0.05) is 13.8 Å². The highest BCUT2D eigenvalue weighted by Gasteiger charge is 2.14. The first-order valence-corrected chi connectivity index (χ1v) is 9.42. The van der Waals surface area contributed by atoms with E-state index in [1.807, 2.05) is 0 Å². The lowest BCUT2D eigenvalue weighted by molar-refractivity contribution is 0.0255. The van der Waals surface area contributed by atoms with Gasteiger partial charge in [0.05, 0.1) is 26.4 Å². The monoisotopic (exact) mass is 328 g/mol. The van der Waals surface area contributed by atoms with Crippen molar-refractivity contribution in [2.75, 3.05) is 78.9 Å². The Hall–Kier alpha value is -0.200. The van der Waals surface area contributed by atoms with Crippen LogP contribution in [0.5, 0.6) is 0 Å². The van der Waals surface area contributed by atoms with Gasteiger partial charge in [0.15, 0.2) is 0 Å². The van der Waals surface area contributed by atoms with Crippen LogP contribution in [0.25, 0.3) is 0 Å². The molecule has 2 unspecified atom stereocenters. The summed E-state index contributed by atoms with van der Waals surface area (Å²) in [4.78, 5) is 5.01. The molecule has 0 aromatic heterocycles. The Morgan fingerprint density at radius 1 is 0.739 bits per heavy atom. The van der Waals surface area contributed by atoms with Gasteiger partial charge in [-0.2, -0.15) is 0 Å². The fraction of sp³-hybridized carbons (Fsp3) is 1.00. The highest BCUT2D eigenvalue weighted by Crippen LogP contribution is 2.10. The second-order valence-electron chi connectivity index (χ2n) is 7.23. The molecule has 0 amide bonds. The average molecular weight is 328 g/mol. The van der Waals surface area contributed by atoms with Crippen LogP contribution < -0.4 is 0 Å². The quantitative estimate of drug-likeness (QED) is 0.610. The first kappa shape index (κ1) is 19.1. The second kappa shape index (κ2) is 11.4. The van der Waals surface area contributed by atoms with Crippen LogP contribution in [-0.4, -0.2) is 88.7 Å². The summed E-state index contributed by atoms with van der Waals surface area (Å²) in [6, 6.07) is 0. The summed E-state index contributed by atoms with van der Waals surface area (Å²) in [5, 5.41) is 0. The molecule has 0 saturated carbocycles. The Kier molecular flexibility index (Phi) is 9.46. The zero-order valence-corrected chi connectivity index (χ0v) is 15.2. The van der Waals surface area contributed by atoms with E-state index in [0.717, 1.165) is 65.8 Å². The average Bonchev–Trinajstić information content (AvgIpc) is 2.60. The third-order valence-corrected chi connectivity index (χ3v) is 4.89. The highest BCUT2D eigenvalue weighted by atomic mass is 16.5. The third kappa shape index (κ3) is 8.45. The van der Waals surface area contributed by atoms with Crippen LogP contribution in [0.15, 0.2) is 0 Å². The molecule has 5 heteroatoms. The number of rotatable bonds is 10. The number of morpholine rings is 2. The van der Waals surface area contributed by atoms with E-state index in [-0.39, 0.29) is 0 Å². The van der Waals surface area contributed by atoms with Crippen molar-refractivity contribution in [3.63, 3.8) is 0 Å². The van der Waals surface area contributed by atoms with Crippen molar-refractivity contribution in [1.29, 1.82) is 0 Å². The van der Waals surface area contributed by atoms with Gasteiger partial charge >= 0.3 is 0 Å². The molecule has 0 N–H and O–H groups in total. The number of nitrogens with zero attached hydrogens (tertiary/aromatic N) is 2. The summed E-state index contributed by atoms with van der Waals surface area (Å²) < 4.78 is 16.7. The molecule has 2 heterocycles. The Labute approximate surface area is 142 Å². The van der Waals surface area contributed by atoms with E-state index in [1.165, 1.54) is 25.9 Å². The molecule has 0 aliphatic carbocycles. The van der Waals surface area contributed by atoms with Gasteiger partial charge in [0, 0.05) is 39.4 Å². The first-order chi connectivity index (χ1) is 11.2. The summed E-state index contributed by atoms with van der Waals surface area (Å²) >= 11 is 0. The largest absolute Gasteiger partial charge is 0.381 e. The van der Waals surface area contributed by atoms with Crippen LogP contribution in [0.3, 0.4) is 0 Å². The molecule has 0 spiro atoms. The zero-order valence-electron chi connectivity index (χ0n) is 15.2. The van der Waals surface area contributed by atoms with Gasteiger partial charge in [0.25, 0.3) is 0 Å². The topological polar surface area (TPSA) is 34.2 Å². The molecule has 23 heavy (non-hydrogen) atoms. The van der Waals surface area contributed by atoms with Crippen molar-refractivity contribution in [1.82, 2.24) is 9.80 Å². The maximum absolute atomic E-state index is 5.95. The molecule has 2 saturated heterocycles. The molecule has 2 aliphatic rings. The van der Waals surface area contributed by atoms with Gasteiger partial charge in [-0.05, 0) is 37.8 Å². The molecule has 2 aliphatic heterocycles. The van der Waals surface area contributed by atoms with E-state index in [1.54, 1.807) is 0 Å². The summed E-state index contributed by atoms with van der Waals surface area (Å²) in [6.45, 7) is 16.7. The lowest BCUT2D eigenvalue weighted by Crippen LogP contribution is -2.37. The molecule has 136 valence electrons. The minimum absolute atomic E-state index is 0.643. The summed E-state index contributed by atoms with van der Waals surface area (Å²) in [6.07, 6.45) is 2.45. The second-order valence-corrected chi connectivity index (χ2v) is 7.23. The Morgan fingerprint density at radius 2 is 1.13 bits per heavy atom. The van der Waals surface area contributed by atoms with E-state index >= 15 is 0 Å². The molecule has 2 fully saturated rings. The van der Waals surface area contributed by atoms with E-state index < -0.39 is 0 Å². The minimum Gasteiger partial charge on any atom is -0.381 e. The summed E-state index contributed by atoms with van der Waals surface area (Å²) in [7, 11) is 0. The van der Waals surface area contributed by atoms with Crippen LogP contribution in [0, 0.1) is 11.8 Å². The standard InChI is InChI=1S/C18H36N2O3/c1-17(3-5-19-7-11-21-12-8-19)15-23-16-18(2)4-6-20-9-13-22-14-10-20/h17-18H,3-16H2,1-2H3. The Balaban J connectivity index is 1.44. The molecule has 2 atom stereocenters. The summed E-state index contributed by atoms with van der Waals surface area (Å²) in [5.74, 6) is 1.29. The molecular formula is C18H36N2O3. The highest BCUT2D eigenvalue weighted by molar-refractivity contribution is 4.65. The third-order valence-electron chi connectivity index (χ3n) is 4.89. The minimum atomic E-state index is 0.643. The van der Waals surface area contributed by atoms with Crippen molar-refractivity contribution in [2.45, 2.75) is 26.7 Å². The van der Waals surface area contributed by atoms with Crippen LogP contribution >= 0.6 is 0 Å². The van der Waals surface area contributed by atoms with Gasteiger partial charge in [0.1, 0.15) is 0 Å². The SMILES string of the molecule is CC(CCN1CCOCC1)COCC(C)CCN1CCOCC1. The molecule has 0 radical (unpaired) electrons. The molecule has 5 nitrogen and oxygen atoms in total. The maximum atomic E-state index is 5.95. The van der Waals surface area contributed by atoms with E-state index in [2.05, 4.69) is 23.6 Å². The molecule has 0 aromatic carbocycles. The number of ether oxygens (including phenoxy) is 3. The number of hydrogen-bond donors (Lipinski definition) is 0. The van der Waals surface area contributed by atoms with Crippen molar-refractivity contribution in [3.8, 4) is 0 Å². The fourth-order valence-electron chi connectivity index (χ4n) is 3.09. The van der Waals surface area contributed by atoms with Crippen LogP contribution in [0.2, 0.25) is 0 Å². The van der Waals surface area contributed by atoms with Gasteiger partial charge in [0.2, 0.25) is 0 Å². The molecule has 0 bridgehead atoms. The van der Waals surface area contributed by atoms with Crippen LogP contribution in [0.1, 0.15) is 26.7 Å². The van der Waals surface area contributed by atoms with Gasteiger partial charge in [-0.25, -0.2) is 0 Å². The van der Waals surface area contributed by atoms with Crippen LogP contribution in [0.4, 0.5) is 0 Å². The lowest BCUT2D eigenvalue weighted by atomic mass is 10.1. The Morgan fingerprint density at radius 3 is 1.52 bits per heavy atom. The zero-order chi connectivity index (χ0) is 16.3. The van der Waals surface area contributed by atoms with Crippen molar-refractivity contribution in [2.24, 2.45) is 11.8 Å². The molecule has 0 aromatic rings. The smallest absolute Gasteiger partial charge is 0.0594 e. The molecular weight excluding hydrogens is 292 g/mol. The van der Waals surface area contributed by atoms with E-state index in [0.29, 0.717) is 11.8 Å². The van der Waals surface area contributed by atoms with Crippen molar-refractivity contribution in [3.05, 3.63) is 0 Å². The van der Waals surface area contributed by atoms with Gasteiger partial charge in [-0.3, -0.25) is 9.80 Å². The Bertz CT molecular complexity index is 264. The number of hydrogen-bond acceptors (Lipinski definition) is 5. The fourth-order valence-corrected chi connectivity index (χ4v) is 3.09. The normalized spacial score (nSPS) is 23.7.